The van der Waals surface area contributed by atoms with E-state index in [2.05, 4.69) is 15.3 Å². The van der Waals surface area contributed by atoms with Crippen LogP contribution in [-0.4, -0.2) is 24.1 Å². The highest BCUT2D eigenvalue weighted by Crippen LogP contribution is 2.23. The van der Waals surface area contributed by atoms with E-state index >= 15 is 0 Å². The van der Waals surface area contributed by atoms with Crippen molar-refractivity contribution in [2.45, 2.75) is 6.54 Å². The van der Waals surface area contributed by atoms with Gasteiger partial charge in [-0.05, 0) is 25.2 Å². The largest absolute Gasteiger partial charge is 0.494 e. The summed E-state index contributed by atoms with van der Waals surface area (Å²) in [5, 5.41) is 2.92. The standard InChI is InChI=1S/C13H14FN3O2/c1-15-7-9-6-12(18)17-13(16-9)8-3-4-10(14)11(5-8)19-2/h3-6,15H,7H2,1-2H3,(H,16,17,18). The van der Waals surface area contributed by atoms with Crippen molar-refractivity contribution in [3.8, 4) is 17.1 Å². The van der Waals surface area contributed by atoms with Gasteiger partial charge < -0.3 is 15.0 Å². The van der Waals surface area contributed by atoms with Gasteiger partial charge in [-0.1, -0.05) is 0 Å². The van der Waals surface area contributed by atoms with Crippen LogP contribution in [0, 0.1) is 5.82 Å². The van der Waals surface area contributed by atoms with E-state index in [-0.39, 0.29) is 11.3 Å². The molecule has 0 aliphatic rings. The first-order valence-corrected chi connectivity index (χ1v) is 5.73. The van der Waals surface area contributed by atoms with E-state index in [4.69, 9.17) is 4.74 Å². The Balaban J connectivity index is 2.49. The molecule has 2 aromatic rings. The van der Waals surface area contributed by atoms with Gasteiger partial charge in [0.15, 0.2) is 11.6 Å². The Labute approximate surface area is 109 Å². The molecule has 0 fully saturated rings. The maximum absolute atomic E-state index is 13.3. The van der Waals surface area contributed by atoms with Gasteiger partial charge in [-0.15, -0.1) is 0 Å². The molecule has 0 aliphatic heterocycles. The molecule has 1 heterocycles. The molecule has 0 spiro atoms. The molecule has 0 bridgehead atoms. The summed E-state index contributed by atoms with van der Waals surface area (Å²) in [6.45, 7) is 0.481. The number of H-pyrrole nitrogens is 1. The number of nitrogens with zero attached hydrogens (tertiary/aromatic N) is 1. The first-order chi connectivity index (χ1) is 9.13. The number of methoxy groups -OCH3 is 1. The molecule has 1 aromatic heterocycles. The summed E-state index contributed by atoms with van der Waals surface area (Å²) in [6, 6.07) is 5.73. The number of hydrogen-bond acceptors (Lipinski definition) is 4. The lowest BCUT2D eigenvalue weighted by Crippen LogP contribution is -2.14. The minimum absolute atomic E-state index is 0.110. The van der Waals surface area contributed by atoms with Crippen LogP contribution in [0.4, 0.5) is 4.39 Å². The van der Waals surface area contributed by atoms with Crippen molar-refractivity contribution in [3.63, 3.8) is 0 Å². The Bertz CT molecular complexity index is 640. The molecule has 2 N–H and O–H groups in total. The van der Waals surface area contributed by atoms with Gasteiger partial charge in [0.05, 0.1) is 12.8 Å². The van der Waals surface area contributed by atoms with Crippen LogP contribution < -0.4 is 15.6 Å². The summed E-state index contributed by atoms with van der Waals surface area (Å²) in [5.74, 6) is 0.0372. The highest BCUT2D eigenvalue weighted by atomic mass is 19.1. The van der Waals surface area contributed by atoms with Crippen LogP contribution in [0.3, 0.4) is 0 Å². The molecule has 2 rings (SSSR count). The third kappa shape index (κ3) is 2.97. The van der Waals surface area contributed by atoms with Gasteiger partial charge in [0, 0.05) is 18.2 Å². The quantitative estimate of drug-likeness (QED) is 0.872. The molecule has 0 aliphatic carbocycles. The molecule has 1 aromatic carbocycles. The molecular weight excluding hydrogens is 249 g/mol. The van der Waals surface area contributed by atoms with Gasteiger partial charge in [-0.2, -0.15) is 0 Å². The molecule has 5 nitrogen and oxygen atoms in total. The number of aromatic amines is 1. The van der Waals surface area contributed by atoms with Crippen LogP contribution in [0.5, 0.6) is 5.75 Å². The van der Waals surface area contributed by atoms with Gasteiger partial charge in [-0.25, -0.2) is 9.37 Å². The number of hydrogen-bond donors (Lipinski definition) is 2. The smallest absolute Gasteiger partial charge is 0.251 e. The van der Waals surface area contributed by atoms with E-state index in [1.165, 1.54) is 25.3 Å². The van der Waals surface area contributed by atoms with Crippen molar-refractivity contribution in [2.24, 2.45) is 0 Å². The summed E-state index contributed by atoms with van der Waals surface area (Å²) >= 11 is 0. The van der Waals surface area contributed by atoms with Gasteiger partial charge in [0.2, 0.25) is 0 Å². The first kappa shape index (κ1) is 13.2. The number of halogens is 1. The second-order valence-electron chi connectivity index (χ2n) is 3.96. The van der Waals surface area contributed by atoms with Crippen LogP contribution in [0.25, 0.3) is 11.4 Å². The molecule has 0 radical (unpaired) electrons. The second-order valence-corrected chi connectivity index (χ2v) is 3.96. The van der Waals surface area contributed by atoms with Crippen molar-refractivity contribution < 1.29 is 9.13 Å². The Morgan fingerprint density at radius 3 is 2.89 bits per heavy atom. The summed E-state index contributed by atoms with van der Waals surface area (Å²) in [6.07, 6.45) is 0. The van der Waals surface area contributed by atoms with E-state index in [1.807, 2.05) is 0 Å². The Hall–Kier alpha value is -2.21. The van der Waals surface area contributed by atoms with E-state index in [1.54, 1.807) is 13.1 Å². The zero-order chi connectivity index (χ0) is 13.8. The predicted molar refractivity (Wildman–Crippen MR) is 69.6 cm³/mol. The molecule has 0 amide bonds. The SMILES string of the molecule is CNCc1cc(=O)[nH]c(-c2ccc(F)c(OC)c2)n1. The monoisotopic (exact) mass is 263 g/mol. The van der Waals surface area contributed by atoms with Gasteiger partial charge in [-0.3, -0.25) is 4.79 Å². The highest BCUT2D eigenvalue weighted by Gasteiger charge is 2.08. The fourth-order valence-corrected chi connectivity index (χ4v) is 1.72. The van der Waals surface area contributed by atoms with E-state index < -0.39 is 5.82 Å². The Morgan fingerprint density at radius 1 is 1.42 bits per heavy atom. The fraction of sp³-hybridized carbons (Fsp3) is 0.231. The summed E-state index contributed by atoms with van der Waals surface area (Å²) in [4.78, 5) is 18.5. The van der Waals surface area contributed by atoms with E-state index in [0.29, 0.717) is 23.6 Å². The normalized spacial score (nSPS) is 10.5. The third-order valence-electron chi connectivity index (χ3n) is 2.58. The van der Waals surface area contributed by atoms with Crippen molar-refractivity contribution in [1.29, 1.82) is 0 Å². The Morgan fingerprint density at radius 2 is 2.21 bits per heavy atom. The maximum atomic E-state index is 13.3. The lowest BCUT2D eigenvalue weighted by molar-refractivity contribution is 0.386. The van der Waals surface area contributed by atoms with Crippen molar-refractivity contribution in [3.05, 3.63) is 46.1 Å². The van der Waals surface area contributed by atoms with Crippen molar-refractivity contribution >= 4 is 0 Å². The number of benzene rings is 1. The van der Waals surface area contributed by atoms with Crippen LogP contribution in [0.1, 0.15) is 5.69 Å². The lowest BCUT2D eigenvalue weighted by Gasteiger charge is -2.06. The first-order valence-electron chi connectivity index (χ1n) is 5.73. The maximum Gasteiger partial charge on any atom is 0.251 e. The zero-order valence-corrected chi connectivity index (χ0v) is 10.7. The molecule has 19 heavy (non-hydrogen) atoms. The van der Waals surface area contributed by atoms with Gasteiger partial charge in [0.25, 0.3) is 5.56 Å². The van der Waals surface area contributed by atoms with Crippen LogP contribution in [0.15, 0.2) is 29.1 Å². The zero-order valence-electron chi connectivity index (χ0n) is 10.7. The number of aromatic nitrogens is 2. The molecule has 0 saturated heterocycles. The van der Waals surface area contributed by atoms with Gasteiger partial charge >= 0.3 is 0 Å². The molecule has 0 atom stereocenters. The second kappa shape index (κ2) is 5.62. The average molecular weight is 263 g/mol. The Kier molecular flexibility index (Phi) is 3.91. The predicted octanol–water partition coefficient (Wildman–Crippen LogP) is 1.30. The number of ether oxygens (including phenoxy) is 1. The molecule has 100 valence electrons. The van der Waals surface area contributed by atoms with Crippen LogP contribution in [0.2, 0.25) is 0 Å². The highest BCUT2D eigenvalue weighted by molar-refractivity contribution is 5.57. The van der Waals surface area contributed by atoms with Crippen molar-refractivity contribution in [1.82, 2.24) is 15.3 Å². The summed E-state index contributed by atoms with van der Waals surface area (Å²) in [7, 11) is 3.15. The average Bonchev–Trinajstić information content (AvgIpc) is 2.39. The summed E-state index contributed by atoms with van der Waals surface area (Å²) in [5.41, 5.74) is 0.955. The van der Waals surface area contributed by atoms with E-state index in [0.717, 1.165) is 0 Å². The van der Waals surface area contributed by atoms with E-state index in [9.17, 15) is 9.18 Å². The fourth-order valence-electron chi connectivity index (χ4n) is 1.72. The molecule has 0 unspecified atom stereocenters. The topological polar surface area (TPSA) is 67.0 Å². The molecule has 6 heteroatoms. The minimum Gasteiger partial charge on any atom is -0.494 e. The van der Waals surface area contributed by atoms with Crippen molar-refractivity contribution in [2.75, 3.05) is 14.2 Å². The lowest BCUT2D eigenvalue weighted by atomic mass is 10.2. The summed E-state index contributed by atoms with van der Waals surface area (Å²) < 4.78 is 18.2. The minimum atomic E-state index is -0.458. The third-order valence-corrected chi connectivity index (χ3v) is 2.58. The molecule has 0 saturated carbocycles. The van der Waals surface area contributed by atoms with Gasteiger partial charge in [0.1, 0.15) is 5.82 Å². The van der Waals surface area contributed by atoms with Crippen LogP contribution >= 0.6 is 0 Å². The number of rotatable bonds is 4. The molecular formula is C13H14FN3O2. The number of nitrogens with one attached hydrogen (secondary N) is 2. The van der Waals surface area contributed by atoms with Crippen LogP contribution in [-0.2, 0) is 6.54 Å².